The summed E-state index contributed by atoms with van der Waals surface area (Å²) in [6.45, 7) is 0.720. The van der Waals surface area contributed by atoms with E-state index >= 15 is 0 Å². The summed E-state index contributed by atoms with van der Waals surface area (Å²) in [5.74, 6) is 0.867. The van der Waals surface area contributed by atoms with E-state index in [0.29, 0.717) is 22.8 Å². The van der Waals surface area contributed by atoms with Crippen LogP contribution in [0.5, 0.6) is 0 Å². The van der Waals surface area contributed by atoms with E-state index in [4.69, 9.17) is 5.73 Å². The molecule has 3 aromatic heterocycles. The maximum atomic E-state index is 12.6. The average molecular weight is 398 g/mol. The number of hydrogen-bond donors (Lipinski definition) is 2. The highest BCUT2D eigenvalue weighted by molar-refractivity contribution is 6.03. The van der Waals surface area contributed by atoms with Crippen molar-refractivity contribution < 1.29 is 4.79 Å². The van der Waals surface area contributed by atoms with Gasteiger partial charge in [-0.15, -0.1) is 0 Å². The van der Waals surface area contributed by atoms with Crippen LogP contribution in [0.3, 0.4) is 0 Å². The van der Waals surface area contributed by atoms with Crippen molar-refractivity contribution in [3.8, 4) is 22.3 Å². The van der Waals surface area contributed by atoms with Crippen LogP contribution in [0.2, 0.25) is 0 Å². The molecular formula is C23H22N6O. The van der Waals surface area contributed by atoms with Gasteiger partial charge >= 0.3 is 0 Å². The number of carbonyl (C=O) groups excluding carboxylic acids is 1. The molecule has 0 unspecified atom stereocenters. The van der Waals surface area contributed by atoms with Crippen molar-refractivity contribution in [2.24, 2.45) is 13.0 Å². The Balaban J connectivity index is 1.52. The van der Waals surface area contributed by atoms with Crippen molar-refractivity contribution >= 4 is 22.6 Å². The minimum atomic E-state index is -0.107. The minimum absolute atomic E-state index is 0.107. The zero-order valence-corrected chi connectivity index (χ0v) is 16.7. The van der Waals surface area contributed by atoms with Crippen LogP contribution >= 0.6 is 0 Å². The number of carbonyl (C=O) groups is 1. The maximum Gasteiger partial charge on any atom is 0.252 e. The van der Waals surface area contributed by atoms with Crippen molar-refractivity contribution in [3.05, 3.63) is 60.7 Å². The van der Waals surface area contributed by atoms with Crippen molar-refractivity contribution in [3.63, 3.8) is 0 Å². The van der Waals surface area contributed by atoms with E-state index in [1.165, 1.54) is 12.8 Å². The van der Waals surface area contributed by atoms with Crippen LogP contribution in [0, 0.1) is 5.92 Å². The number of hydrogen-bond acceptors (Lipinski definition) is 5. The van der Waals surface area contributed by atoms with Gasteiger partial charge in [-0.3, -0.25) is 14.5 Å². The van der Waals surface area contributed by atoms with E-state index in [-0.39, 0.29) is 5.91 Å². The number of nitrogen functional groups attached to an aromatic ring is 1. The first-order chi connectivity index (χ1) is 14.6. The summed E-state index contributed by atoms with van der Waals surface area (Å²) >= 11 is 0. The molecule has 1 aliphatic carbocycles. The Labute approximate surface area is 174 Å². The lowest BCUT2D eigenvalue weighted by atomic mass is 9.99. The molecule has 0 atom stereocenters. The lowest BCUT2D eigenvalue weighted by Crippen LogP contribution is -2.25. The molecule has 0 spiro atoms. The highest BCUT2D eigenvalue weighted by atomic mass is 16.1. The second-order valence-corrected chi connectivity index (χ2v) is 7.81. The summed E-state index contributed by atoms with van der Waals surface area (Å²) in [6.07, 6.45) is 9.51. The second-order valence-electron chi connectivity index (χ2n) is 7.81. The lowest BCUT2D eigenvalue weighted by molar-refractivity contribution is 0.0951. The Hall–Kier alpha value is -3.74. The van der Waals surface area contributed by atoms with Gasteiger partial charge in [0.15, 0.2) is 0 Å². The van der Waals surface area contributed by atoms with Gasteiger partial charge in [-0.05, 0) is 36.0 Å². The molecule has 7 heteroatoms. The molecule has 1 amide bonds. The van der Waals surface area contributed by atoms with Gasteiger partial charge in [0.25, 0.3) is 5.91 Å². The number of rotatable bonds is 5. The molecule has 0 saturated heterocycles. The van der Waals surface area contributed by atoms with Crippen LogP contribution in [0.25, 0.3) is 33.2 Å². The normalized spacial score (nSPS) is 13.5. The molecular weight excluding hydrogens is 376 g/mol. The summed E-state index contributed by atoms with van der Waals surface area (Å²) in [5.41, 5.74) is 11.2. The van der Waals surface area contributed by atoms with Gasteiger partial charge in [-0.2, -0.15) is 5.10 Å². The quantitative estimate of drug-likeness (QED) is 0.537. The van der Waals surface area contributed by atoms with Gasteiger partial charge in [0.2, 0.25) is 0 Å². The fourth-order valence-corrected chi connectivity index (χ4v) is 3.57. The number of fused-ring (bicyclic) bond motifs is 1. The highest BCUT2D eigenvalue weighted by Crippen LogP contribution is 2.32. The predicted octanol–water partition coefficient (Wildman–Crippen LogP) is 3.42. The Morgan fingerprint density at radius 3 is 2.57 bits per heavy atom. The van der Waals surface area contributed by atoms with Crippen molar-refractivity contribution in [2.45, 2.75) is 12.8 Å². The Morgan fingerprint density at radius 2 is 1.87 bits per heavy atom. The standard InChI is InChI=1S/C23H22N6O/c1-29-13-18(11-28-29)15-4-6-16(7-5-15)20-12-26-22(24)21-19(20)8-17(10-25-21)23(30)27-9-14-2-3-14/h4-8,10-14H,2-3,9H2,1H3,(H2,24,26)(H,27,30). The number of nitrogens with zero attached hydrogens (tertiary/aromatic N) is 4. The van der Waals surface area contributed by atoms with E-state index < -0.39 is 0 Å². The summed E-state index contributed by atoms with van der Waals surface area (Å²) in [5, 5.41) is 8.04. The van der Waals surface area contributed by atoms with Crippen LogP contribution in [0.15, 0.2) is 55.1 Å². The zero-order valence-electron chi connectivity index (χ0n) is 16.7. The molecule has 5 rings (SSSR count). The van der Waals surface area contributed by atoms with Gasteiger partial charge < -0.3 is 11.1 Å². The number of amides is 1. The minimum Gasteiger partial charge on any atom is -0.382 e. The monoisotopic (exact) mass is 398 g/mol. The number of pyridine rings is 2. The third-order valence-electron chi connectivity index (χ3n) is 5.50. The highest BCUT2D eigenvalue weighted by Gasteiger charge is 2.22. The zero-order chi connectivity index (χ0) is 20.7. The van der Waals surface area contributed by atoms with E-state index in [9.17, 15) is 4.79 Å². The molecule has 1 aliphatic rings. The average Bonchev–Trinajstić information content (AvgIpc) is 3.50. The fraction of sp³-hybridized carbons (Fsp3) is 0.217. The van der Waals surface area contributed by atoms with Crippen LogP contribution in [0.4, 0.5) is 5.82 Å². The van der Waals surface area contributed by atoms with E-state index in [2.05, 4.69) is 20.4 Å². The first-order valence-corrected chi connectivity index (χ1v) is 10.0. The van der Waals surface area contributed by atoms with Gasteiger partial charge in [0.1, 0.15) is 11.3 Å². The molecule has 4 aromatic rings. The summed E-state index contributed by atoms with van der Waals surface area (Å²) < 4.78 is 1.78. The third kappa shape index (κ3) is 3.50. The van der Waals surface area contributed by atoms with Gasteiger partial charge in [-0.1, -0.05) is 24.3 Å². The van der Waals surface area contributed by atoms with Gasteiger partial charge in [-0.25, -0.2) is 4.98 Å². The Bertz CT molecular complexity index is 1240. The van der Waals surface area contributed by atoms with Gasteiger partial charge in [0, 0.05) is 48.7 Å². The second kappa shape index (κ2) is 7.26. The van der Waals surface area contributed by atoms with Crippen LogP contribution in [-0.4, -0.2) is 32.2 Å². The topological polar surface area (TPSA) is 98.7 Å². The number of benzene rings is 1. The molecule has 30 heavy (non-hydrogen) atoms. The number of aromatic nitrogens is 4. The molecule has 0 bridgehead atoms. The first-order valence-electron chi connectivity index (χ1n) is 10.0. The lowest BCUT2D eigenvalue weighted by Gasteiger charge is -2.10. The smallest absolute Gasteiger partial charge is 0.252 e. The third-order valence-corrected chi connectivity index (χ3v) is 5.50. The SMILES string of the molecule is Cn1cc(-c2ccc(-c3cnc(N)c4ncc(C(=O)NCC5CC5)cc34)cc2)cn1. The molecule has 1 aromatic carbocycles. The van der Waals surface area contributed by atoms with Gasteiger partial charge in [0.05, 0.1) is 11.8 Å². The number of aryl methyl sites for hydroxylation is 1. The molecule has 3 N–H and O–H groups in total. The number of nitrogens with two attached hydrogens (primary N) is 1. The molecule has 1 saturated carbocycles. The first kappa shape index (κ1) is 18.3. The van der Waals surface area contributed by atoms with Crippen LogP contribution < -0.4 is 11.1 Å². The largest absolute Gasteiger partial charge is 0.382 e. The Morgan fingerprint density at radius 1 is 1.10 bits per heavy atom. The predicted molar refractivity (Wildman–Crippen MR) is 117 cm³/mol. The molecule has 1 fully saturated rings. The molecule has 7 nitrogen and oxygen atoms in total. The van der Waals surface area contributed by atoms with Crippen molar-refractivity contribution in [1.82, 2.24) is 25.1 Å². The Kier molecular flexibility index (Phi) is 4.43. The summed E-state index contributed by atoms with van der Waals surface area (Å²) in [6, 6.07) is 10.0. The maximum absolute atomic E-state index is 12.6. The fourth-order valence-electron chi connectivity index (χ4n) is 3.57. The molecule has 0 radical (unpaired) electrons. The number of anilines is 1. The van der Waals surface area contributed by atoms with E-state index in [0.717, 1.165) is 34.2 Å². The molecule has 150 valence electrons. The van der Waals surface area contributed by atoms with E-state index in [1.807, 2.05) is 49.8 Å². The van der Waals surface area contributed by atoms with Crippen LogP contribution in [-0.2, 0) is 7.05 Å². The number of nitrogens with one attached hydrogen (secondary N) is 1. The molecule has 3 heterocycles. The van der Waals surface area contributed by atoms with E-state index in [1.54, 1.807) is 17.1 Å². The summed E-state index contributed by atoms with van der Waals surface area (Å²) in [4.78, 5) is 21.3. The van der Waals surface area contributed by atoms with Crippen molar-refractivity contribution in [1.29, 1.82) is 0 Å². The molecule has 0 aliphatic heterocycles. The summed E-state index contributed by atoms with van der Waals surface area (Å²) in [7, 11) is 1.90. The van der Waals surface area contributed by atoms with Crippen LogP contribution in [0.1, 0.15) is 23.2 Å². The van der Waals surface area contributed by atoms with Crippen molar-refractivity contribution in [2.75, 3.05) is 12.3 Å².